The SMILES string of the molecule is CCOC(=O)C(C)N.CCOC(=O)[C@H](C)NP(=O)(COC/C(C)=C/Cc1c(O)c2c(c(C)c1OC)COC2=O)Oc1ccccc1.COc1c(C)c2c(c(O)c1C/C=C(\C)COCP(=O)(O)Oc1ccccc1)C(=O)OC2. The third kappa shape index (κ3) is 17.9. The maximum atomic E-state index is 13.6. The Hall–Kier alpha value is -6.70. The number of aromatic hydroxyl groups is 2. The number of rotatable bonds is 24. The van der Waals surface area contributed by atoms with Crippen molar-refractivity contribution in [3.63, 3.8) is 0 Å². The summed E-state index contributed by atoms with van der Waals surface area (Å²) in [5, 5.41) is 24.1. The summed E-state index contributed by atoms with van der Waals surface area (Å²) in [6.45, 7) is 14.8. The van der Waals surface area contributed by atoms with E-state index in [1.165, 1.54) is 14.2 Å². The summed E-state index contributed by atoms with van der Waals surface area (Å²) in [5.41, 5.74) is 10.7. The standard InChI is InChI=1S/C27H34NO9P.C22H25O8P.C5H11NO2/c1-6-35-26(30)19(4)28-38(32,37-20-10-8-7-9-11-20)16-34-14-17(2)12-13-21-24(29)23-22(15-36-27(23)31)18(3)25(21)33-5;1-14(11-28-13-31(25,26)30-16-7-5-4-6-8-16)9-10-17-20(23)19-18(12-29-22(19)24)15(2)21(17)27-3;1-3-8-5(7)4(2)6/h7-12,19,29H,6,13-16H2,1-5H3,(H,28,32);4-9,23H,10-13H2,1-3H3,(H,25,26);4H,3,6H2,1-2H3/b17-12+;14-9+;/t19-,38?;;/m0../s1. The van der Waals surface area contributed by atoms with Gasteiger partial charge in [0.15, 0.2) is 6.35 Å². The molecule has 4 aromatic carbocycles. The number of cyclic esters (lactones) is 2. The predicted molar refractivity (Wildman–Crippen MR) is 285 cm³/mol. The number of nitrogens with two attached hydrogens (primary N) is 1. The van der Waals surface area contributed by atoms with Crippen molar-refractivity contribution < 1.29 is 90.4 Å². The lowest BCUT2D eigenvalue weighted by molar-refractivity contribution is -0.145. The van der Waals surface area contributed by atoms with Crippen LogP contribution in [0.2, 0.25) is 0 Å². The molecule has 0 aliphatic carbocycles. The van der Waals surface area contributed by atoms with Crippen LogP contribution in [0, 0.1) is 13.8 Å². The largest absolute Gasteiger partial charge is 0.507 e. The fraction of sp³-hybridized carbons (Fsp3) is 0.407. The molecular weight excluding hydrogens is 1040 g/mol. The first-order valence-corrected chi connectivity index (χ1v) is 28.0. The van der Waals surface area contributed by atoms with Gasteiger partial charge >= 0.3 is 39.0 Å². The van der Waals surface area contributed by atoms with Gasteiger partial charge in [0.1, 0.15) is 77.3 Å². The summed E-state index contributed by atoms with van der Waals surface area (Å²) >= 11 is 0. The molecule has 420 valence electrons. The lowest BCUT2D eigenvalue weighted by Gasteiger charge is -2.23. The van der Waals surface area contributed by atoms with E-state index < -0.39 is 51.5 Å². The zero-order valence-electron chi connectivity index (χ0n) is 45.0. The van der Waals surface area contributed by atoms with E-state index in [0.717, 1.165) is 22.3 Å². The van der Waals surface area contributed by atoms with Crippen LogP contribution in [-0.4, -0.2) is 104 Å². The topological polar surface area (TPSA) is 293 Å². The molecule has 4 aromatic rings. The van der Waals surface area contributed by atoms with Crippen LogP contribution in [0.1, 0.15) is 95.6 Å². The number of esters is 4. The molecule has 0 spiro atoms. The van der Waals surface area contributed by atoms with Gasteiger partial charge in [0.25, 0.3) is 0 Å². The van der Waals surface area contributed by atoms with E-state index in [4.69, 9.17) is 47.9 Å². The second-order valence-corrected chi connectivity index (χ2v) is 21.3. The van der Waals surface area contributed by atoms with Crippen LogP contribution in [0.4, 0.5) is 0 Å². The van der Waals surface area contributed by atoms with E-state index in [-0.39, 0.29) is 86.6 Å². The number of carbonyl (C=O) groups excluding carboxylic acids is 4. The number of allylic oxidation sites excluding steroid dienone is 2. The second kappa shape index (κ2) is 29.7. The lowest BCUT2D eigenvalue weighted by Crippen LogP contribution is -2.35. The van der Waals surface area contributed by atoms with Crippen molar-refractivity contribution in [2.75, 3.05) is 53.3 Å². The number of hydrogen-bond donors (Lipinski definition) is 5. The van der Waals surface area contributed by atoms with Crippen LogP contribution in [0.3, 0.4) is 0 Å². The molecule has 0 saturated heterocycles. The van der Waals surface area contributed by atoms with Crippen LogP contribution in [0.15, 0.2) is 84.0 Å². The van der Waals surface area contributed by atoms with Gasteiger partial charge in [0.05, 0.1) is 40.6 Å². The van der Waals surface area contributed by atoms with Crippen molar-refractivity contribution in [1.82, 2.24) is 5.09 Å². The third-order valence-corrected chi connectivity index (χ3v) is 14.3. The number of fused-ring (bicyclic) bond motifs is 2. The molecule has 3 unspecified atom stereocenters. The molecule has 0 radical (unpaired) electrons. The molecule has 2 aliphatic rings. The molecule has 0 saturated carbocycles. The highest BCUT2D eigenvalue weighted by Gasteiger charge is 2.34. The molecule has 0 aromatic heterocycles. The normalized spacial score (nSPS) is 15.0. The van der Waals surface area contributed by atoms with Crippen molar-refractivity contribution >= 4 is 39.0 Å². The quantitative estimate of drug-likeness (QED) is 0.0190. The number of benzene rings is 4. The van der Waals surface area contributed by atoms with Gasteiger partial charge in [-0.3, -0.25) is 14.2 Å². The van der Waals surface area contributed by atoms with Gasteiger partial charge in [-0.05, 0) is 104 Å². The summed E-state index contributed by atoms with van der Waals surface area (Å²) in [6, 6.07) is 15.6. The van der Waals surface area contributed by atoms with Crippen molar-refractivity contribution in [3.05, 3.63) is 128 Å². The number of phenols is 2. The van der Waals surface area contributed by atoms with Gasteiger partial charge in [-0.1, -0.05) is 59.7 Å². The summed E-state index contributed by atoms with van der Waals surface area (Å²) in [5.74, 6) is -0.685. The molecule has 4 atom stereocenters. The van der Waals surface area contributed by atoms with Gasteiger partial charge < -0.3 is 67.8 Å². The highest BCUT2D eigenvalue weighted by molar-refractivity contribution is 7.57. The minimum Gasteiger partial charge on any atom is -0.507 e. The predicted octanol–water partition coefficient (Wildman–Crippen LogP) is 8.66. The first kappa shape index (κ1) is 62.8. The molecule has 6 rings (SSSR count). The average molecular weight is 1110 g/mol. The monoisotopic (exact) mass is 1110 g/mol. The molecule has 0 bridgehead atoms. The molecule has 0 fully saturated rings. The lowest BCUT2D eigenvalue weighted by atomic mass is 9.95. The van der Waals surface area contributed by atoms with E-state index in [9.17, 15) is 43.4 Å². The van der Waals surface area contributed by atoms with Gasteiger partial charge in [-0.15, -0.1) is 0 Å². The molecule has 2 aliphatic heterocycles. The van der Waals surface area contributed by atoms with E-state index in [0.29, 0.717) is 46.1 Å². The Balaban J connectivity index is 0.000000295. The Labute approximate surface area is 448 Å². The Kier molecular flexibility index (Phi) is 24.3. The number of methoxy groups -OCH3 is 2. The minimum absolute atomic E-state index is 0.0950. The van der Waals surface area contributed by atoms with Gasteiger partial charge in [0.2, 0.25) is 0 Å². The number of para-hydroxylation sites is 2. The third-order valence-electron chi connectivity index (χ3n) is 11.5. The molecule has 21 nitrogen and oxygen atoms in total. The van der Waals surface area contributed by atoms with Crippen LogP contribution in [0.25, 0.3) is 0 Å². The number of carbonyl (C=O) groups is 4. The van der Waals surface area contributed by atoms with Gasteiger partial charge in [-0.25, -0.2) is 19.2 Å². The smallest absolute Gasteiger partial charge is 0.402 e. The Morgan fingerprint density at radius 3 is 1.52 bits per heavy atom. The summed E-state index contributed by atoms with van der Waals surface area (Å²) in [7, 11) is -4.61. The van der Waals surface area contributed by atoms with Crippen LogP contribution in [-0.2, 0) is 73.2 Å². The fourth-order valence-corrected chi connectivity index (χ4v) is 10.2. The van der Waals surface area contributed by atoms with Crippen molar-refractivity contribution in [2.45, 2.75) is 93.5 Å². The average Bonchev–Trinajstić information content (AvgIpc) is 3.98. The zero-order valence-corrected chi connectivity index (χ0v) is 46.8. The molecule has 23 heteroatoms. The molecular formula is C54H70N2O19P2. The summed E-state index contributed by atoms with van der Waals surface area (Å²) in [4.78, 5) is 56.5. The highest BCUT2D eigenvalue weighted by atomic mass is 31.2. The number of hydrogen-bond acceptors (Lipinski definition) is 19. The maximum Gasteiger partial charge on any atom is 0.402 e. The highest BCUT2D eigenvalue weighted by Crippen LogP contribution is 2.46. The van der Waals surface area contributed by atoms with Gasteiger partial charge in [-0.2, -0.15) is 0 Å². The fourth-order valence-electron chi connectivity index (χ4n) is 7.68. The first-order valence-electron chi connectivity index (χ1n) is 24.4. The number of phenolic OH excluding ortho intramolecular Hbond substituents is 2. The number of ether oxygens (including phenoxy) is 8. The van der Waals surface area contributed by atoms with E-state index in [1.54, 1.807) is 101 Å². The Bertz CT molecular complexity index is 2850. The van der Waals surface area contributed by atoms with E-state index in [1.807, 2.05) is 26.8 Å². The molecule has 0 amide bonds. The molecule has 77 heavy (non-hydrogen) atoms. The minimum atomic E-state index is -3.95. The van der Waals surface area contributed by atoms with Crippen molar-refractivity contribution in [1.29, 1.82) is 0 Å². The second-order valence-electron chi connectivity index (χ2n) is 17.6. The van der Waals surface area contributed by atoms with Crippen LogP contribution >= 0.6 is 15.1 Å². The van der Waals surface area contributed by atoms with Crippen LogP contribution < -0.4 is 29.3 Å². The van der Waals surface area contributed by atoms with E-state index in [2.05, 4.69) is 9.82 Å². The first-order chi connectivity index (χ1) is 36.5. The van der Waals surface area contributed by atoms with Crippen molar-refractivity contribution in [3.8, 4) is 34.5 Å². The zero-order chi connectivity index (χ0) is 57.0. The van der Waals surface area contributed by atoms with Gasteiger partial charge in [0, 0.05) is 22.3 Å². The maximum absolute atomic E-state index is 13.6. The van der Waals surface area contributed by atoms with E-state index >= 15 is 0 Å². The molecule has 6 N–H and O–H groups in total. The van der Waals surface area contributed by atoms with Crippen LogP contribution in [0.5, 0.6) is 34.5 Å². The van der Waals surface area contributed by atoms with Crippen molar-refractivity contribution in [2.24, 2.45) is 5.73 Å². The summed E-state index contributed by atoms with van der Waals surface area (Å²) < 4.78 is 78.3. The molecule has 2 heterocycles. The Morgan fingerprint density at radius 1 is 0.701 bits per heavy atom. The Morgan fingerprint density at radius 2 is 1.12 bits per heavy atom. The summed E-state index contributed by atoms with van der Waals surface area (Å²) in [6.07, 6.45) is 3.39. The number of nitrogens with one attached hydrogen (secondary N) is 1.